The molecule has 0 N–H and O–H groups in total. The van der Waals surface area contributed by atoms with Gasteiger partial charge < -0.3 is 4.42 Å². The van der Waals surface area contributed by atoms with Gasteiger partial charge in [0.25, 0.3) is 0 Å². The molecule has 0 saturated heterocycles. The molecule has 0 amide bonds. The average Bonchev–Trinajstić information content (AvgIpc) is 2.83. The van der Waals surface area contributed by atoms with Crippen molar-refractivity contribution in [3.8, 4) is 0 Å². The largest absolute Gasteiger partial charge is 0.424 e. The number of hydrogen-bond acceptors (Lipinski definition) is 3. The highest BCUT2D eigenvalue weighted by Crippen LogP contribution is 2.40. The van der Waals surface area contributed by atoms with Crippen LogP contribution in [0.5, 0.6) is 0 Å². The fraction of sp³-hybridized carbons (Fsp3) is 0.800. The number of aromatic nitrogens is 2. The predicted molar refractivity (Wildman–Crippen MR) is 49.6 cm³/mol. The molecule has 1 aliphatic rings. The van der Waals surface area contributed by atoms with Gasteiger partial charge in [-0.3, -0.25) is 0 Å². The second-order valence-electron chi connectivity index (χ2n) is 4.46. The van der Waals surface area contributed by atoms with Gasteiger partial charge in [0.05, 0.1) is 0 Å². The predicted octanol–water partition coefficient (Wildman–Crippen LogP) is 2.63. The molecular weight excluding hydrogens is 164 g/mol. The van der Waals surface area contributed by atoms with Gasteiger partial charge in [0.2, 0.25) is 11.8 Å². The van der Waals surface area contributed by atoms with Crippen LogP contribution in [0.1, 0.15) is 57.7 Å². The fourth-order valence-corrected chi connectivity index (χ4v) is 1.15. The summed E-state index contributed by atoms with van der Waals surface area (Å²) in [6.07, 6.45) is 3.46. The molecule has 1 aromatic rings. The minimum Gasteiger partial charge on any atom is -0.424 e. The topological polar surface area (TPSA) is 38.9 Å². The molecule has 13 heavy (non-hydrogen) atoms. The molecule has 0 aromatic carbocycles. The molecule has 3 heteroatoms. The van der Waals surface area contributed by atoms with E-state index < -0.39 is 0 Å². The molecule has 2 rings (SSSR count). The van der Waals surface area contributed by atoms with Gasteiger partial charge in [-0.05, 0) is 19.3 Å². The average molecular weight is 180 g/mol. The van der Waals surface area contributed by atoms with Crippen molar-refractivity contribution in [2.75, 3.05) is 0 Å². The van der Waals surface area contributed by atoms with Crippen LogP contribution in [0.3, 0.4) is 0 Å². The molecule has 1 aliphatic carbocycles. The molecule has 3 nitrogen and oxygen atoms in total. The summed E-state index contributed by atoms with van der Waals surface area (Å²) in [5.41, 5.74) is 0.0279. The van der Waals surface area contributed by atoms with Crippen LogP contribution in [-0.4, -0.2) is 10.2 Å². The molecule has 0 radical (unpaired) electrons. The third-order valence-corrected chi connectivity index (χ3v) is 2.83. The Bertz CT molecular complexity index is 300. The molecule has 1 fully saturated rings. The summed E-state index contributed by atoms with van der Waals surface area (Å²) in [6.45, 7) is 6.41. The first-order valence-electron chi connectivity index (χ1n) is 4.97. The summed E-state index contributed by atoms with van der Waals surface area (Å²) >= 11 is 0. The maximum atomic E-state index is 5.64. The number of hydrogen-bond donors (Lipinski definition) is 0. The molecular formula is C10H16N2O. The van der Waals surface area contributed by atoms with Crippen molar-refractivity contribution in [2.45, 2.75) is 51.4 Å². The van der Waals surface area contributed by atoms with E-state index in [1.807, 2.05) is 0 Å². The molecule has 0 aliphatic heterocycles. The van der Waals surface area contributed by atoms with Crippen LogP contribution in [0.4, 0.5) is 0 Å². The van der Waals surface area contributed by atoms with Gasteiger partial charge in [-0.2, -0.15) is 0 Å². The highest BCUT2D eigenvalue weighted by molar-refractivity contribution is 5.04. The summed E-state index contributed by atoms with van der Waals surface area (Å²) in [5.74, 6) is 2.20. The maximum absolute atomic E-state index is 5.64. The fourth-order valence-electron chi connectivity index (χ4n) is 1.15. The monoisotopic (exact) mass is 180 g/mol. The molecule has 1 heterocycles. The van der Waals surface area contributed by atoms with Crippen molar-refractivity contribution in [2.24, 2.45) is 0 Å². The molecule has 0 atom stereocenters. The number of rotatable bonds is 3. The minimum atomic E-state index is 0.0279. The van der Waals surface area contributed by atoms with Crippen molar-refractivity contribution in [3.63, 3.8) is 0 Å². The zero-order chi connectivity index (χ0) is 9.47. The van der Waals surface area contributed by atoms with Crippen molar-refractivity contribution in [1.82, 2.24) is 10.2 Å². The smallest absolute Gasteiger partial charge is 0.222 e. The Hall–Kier alpha value is -0.860. The van der Waals surface area contributed by atoms with Gasteiger partial charge in [0.1, 0.15) is 0 Å². The first-order chi connectivity index (χ1) is 6.13. The van der Waals surface area contributed by atoms with E-state index in [2.05, 4.69) is 31.0 Å². The van der Waals surface area contributed by atoms with Crippen molar-refractivity contribution in [3.05, 3.63) is 11.8 Å². The molecule has 1 aromatic heterocycles. The third kappa shape index (κ3) is 1.60. The van der Waals surface area contributed by atoms with Gasteiger partial charge in [0, 0.05) is 11.3 Å². The van der Waals surface area contributed by atoms with Crippen LogP contribution in [0, 0.1) is 0 Å². The van der Waals surface area contributed by atoms with Crippen LogP contribution in [0.15, 0.2) is 4.42 Å². The second kappa shape index (κ2) is 2.82. The summed E-state index contributed by atoms with van der Waals surface area (Å²) in [6, 6.07) is 0. The standard InChI is InChI=1S/C10H16N2O/c1-4-10(2,3)9-12-11-8(13-9)7-5-6-7/h7H,4-6H2,1-3H3. The molecule has 72 valence electrons. The molecule has 0 unspecified atom stereocenters. The molecule has 1 saturated carbocycles. The van der Waals surface area contributed by atoms with Crippen LogP contribution < -0.4 is 0 Å². The lowest BCUT2D eigenvalue weighted by Gasteiger charge is -2.16. The van der Waals surface area contributed by atoms with Gasteiger partial charge in [-0.15, -0.1) is 10.2 Å². The van der Waals surface area contributed by atoms with Crippen molar-refractivity contribution < 1.29 is 4.42 Å². The summed E-state index contributed by atoms with van der Waals surface area (Å²) in [4.78, 5) is 0. The zero-order valence-electron chi connectivity index (χ0n) is 8.50. The van der Waals surface area contributed by atoms with Crippen molar-refractivity contribution in [1.29, 1.82) is 0 Å². The van der Waals surface area contributed by atoms with E-state index >= 15 is 0 Å². The Morgan fingerprint density at radius 1 is 1.38 bits per heavy atom. The second-order valence-corrected chi connectivity index (χ2v) is 4.46. The van der Waals surface area contributed by atoms with Crippen LogP contribution >= 0.6 is 0 Å². The summed E-state index contributed by atoms with van der Waals surface area (Å²) in [7, 11) is 0. The van der Waals surface area contributed by atoms with Gasteiger partial charge in [-0.25, -0.2) is 0 Å². The quantitative estimate of drug-likeness (QED) is 0.717. The normalized spacial score (nSPS) is 17.8. The minimum absolute atomic E-state index is 0.0279. The Morgan fingerprint density at radius 2 is 2.08 bits per heavy atom. The van der Waals surface area contributed by atoms with E-state index in [0.29, 0.717) is 5.92 Å². The molecule has 0 spiro atoms. The SMILES string of the molecule is CCC(C)(C)c1nnc(C2CC2)o1. The van der Waals surface area contributed by atoms with E-state index in [0.717, 1.165) is 18.2 Å². The van der Waals surface area contributed by atoms with Crippen LogP contribution in [0.2, 0.25) is 0 Å². The lowest BCUT2D eigenvalue weighted by molar-refractivity contribution is 0.344. The van der Waals surface area contributed by atoms with E-state index in [-0.39, 0.29) is 5.41 Å². The van der Waals surface area contributed by atoms with E-state index in [4.69, 9.17) is 4.42 Å². The highest BCUT2D eigenvalue weighted by Gasteiger charge is 2.32. The number of nitrogens with zero attached hydrogens (tertiary/aromatic N) is 2. The lowest BCUT2D eigenvalue weighted by Crippen LogP contribution is -2.15. The lowest BCUT2D eigenvalue weighted by atomic mass is 9.90. The maximum Gasteiger partial charge on any atom is 0.222 e. The highest BCUT2D eigenvalue weighted by atomic mass is 16.4. The van der Waals surface area contributed by atoms with Crippen LogP contribution in [0.25, 0.3) is 0 Å². The van der Waals surface area contributed by atoms with E-state index in [1.165, 1.54) is 12.8 Å². The Kier molecular flexibility index (Phi) is 1.90. The first-order valence-corrected chi connectivity index (χ1v) is 4.97. The summed E-state index contributed by atoms with van der Waals surface area (Å²) < 4.78 is 5.64. The zero-order valence-corrected chi connectivity index (χ0v) is 8.50. The van der Waals surface area contributed by atoms with Crippen molar-refractivity contribution >= 4 is 0 Å². The van der Waals surface area contributed by atoms with E-state index in [1.54, 1.807) is 0 Å². The first kappa shape index (κ1) is 8.73. The van der Waals surface area contributed by atoms with Gasteiger partial charge in [0.15, 0.2) is 0 Å². The summed E-state index contributed by atoms with van der Waals surface area (Å²) in [5, 5.41) is 8.18. The Labute approximate surface area is 78.5 Å². The Balaban J connectivity index is 2.20. The van der Waals surface area contributed by atoms with Gasteiger partial charge in [-0.1, -0.05) is 20.8 Å². The molecule has 0 bridgehead atoms. The van der Waals surface area contributed by atoms with Crippen LogP contribution in [-0.2, 0) is 5.41 Å². The van der Waals surface area contributed by atoms with E-state index in [9.17, 15) is 0 Å². The third-order valence-electron chi connectivity index (χ3n) is 2.83. The Morgan fingerprint density at radius 3 is 2.62 bits per heavy atom. The van der Waals surface area contributed by atoms with Gasteiger partial charge >= 0.3 is 0 Å².